The number of hydrogen-bond acceptors (Lipinski definition) is 2. The summed E-state index contributed by atoms with van der Waals surface area (Å²) in [5.74, 6) is 0. The van der Waals surface area contributed by atoms with Crippen molar-refractivity contribution in [3.05, 3.63) is 64.4 Å². The van der Waals surface area contributed by atoms with Gasteiger partial charge in [-0.15, -0.1) is 0 Å². The molecule has 0 aliphatic heterocycles. The number of pyridine rings is 1. The topological polar surface area (TPSA) is 33.1 Å². The summed E-state index contributed by atoms with van der Waals surface area (Å²) in [4.78, 5) is 3.82. The van der Waals surface area contributed by atoms with Crippen LogP contribution in [0.4, 0.5) is 13.2 Å². The Labute approximate surface area is 112 Å². The Bertz CT molecular complexity index is 569. The molecule has 0 spiro atoms. The maximum Gasteiger partial charge on any atom is 0.416 e. The third-order valence-electron chi connectivity index (χ3n) is 2.60. The molecule has 2 aromatic rings. The van der Waals surface area contributed by atoms with Crippen LogP contribution in [0.2, 0.25) is 5.02 Å². The van der Waals surface area contributed by atoms with Crippen LogP contribution in [-0.2, 0) is 6.18 Å². The smallest absolute Gasteiger partial charge is 0.384 e. The van der Waals surface area contributed by atoms with Gasteiger partial charge in [0.05, 0.1) is 10.6 Å². The van der Waals surface area contributed by atoms with Crippen molar-refractivity contribution in [1.82, 2.24) is 4.98 Å². The molecule has 0 saturated heterocycles. The predicted molar refractivity (Wildman–Crippen MR) is 64.8 cm³/mol. The summed E-state index contributed by atoms with van der Waals surface area (Å²) in [6, 6.07) is 5.83. The SMILES string of the molecule is OC(c1ccc(C(F)(F)F)cc1)c1cncc(Cl)c1. The average Bonchev–Trinajstić information content (AvgIpc) is 2.37. The Kier molecular flexibility index (Phi) is 3.78. The number of halogens is 4. The van der Waals surface area contributed by atoms with Crippen LogP contribution in [0.15, 0.2) is 42.7 Å². The van der Waals surface area contributed by atoms with Crippen LogP contribution in [-0.4, -0.2) is 10.1 Å². The molecule has 2 rings (SSSR count). The van der Waals surface area contributed by atoms with Gasteiger partial charge in [0.2, 0.25) is 0 Å². The van der Waals surface area contributed by atoms with Crippen molar-refractivity contribution >= 4 is 11.6 Å². The van der Waals surface area contributed by atoms with Gasteiger partial charge in [0.15, 0.2) is 0 Å². The van der Waals surface area contributed by atoms with Gasteiger partial charge in [-0.25, -0.2) is 0 Å². The molecule has 0 fully saturated rings. The lowest BCUT2D eigenvalue weighted by Gasteiger charge is -2.13. The maximum absolute atomic E-state index is 12.4. The molecule has 2 nitrogen and oxygen atoms in total. The number of benzene rings is 1. The highest BCUT2D eigenvalue weighted by Crippen LogP contribution is 2.31. The van der Waals surface area contributed by atoms with Gasteiger partial charge in [-0.3, -0.25) is 4.98 Å². The van der Waals surface area contributed by atoms with Crippen LogP contribution < -0.4 is 0 Å². The summed E-state index contributed by atoms with van der Waals surface area (Å²) in [6.07, 6.45) is -2.63. The summed E-state index contributed by atoms with van der Waals surface area (Å²) in [5.41, 5.74) is 0.0111. The third kappa shape index (κ3) is 3.24. The predicted octanol–water partition coefficient (Wildman–Crippen LogP) is 3.84. The summed E-state index contributed by atoms with van der Waals surface area (Å²) >= 11 is 5.74. The molecular weight excluding hydrogens is 279 g/mol. The highest BCUT2D eigenvalue weighted by Gasteiger charge is 2.30. The molecule has 1 atom stereocenters. The van der Waals surface area contributed by atoms with Crippen molar-refractivity contribution in [2.24, 2.45) is 0 Å². The van der Waals surface area contributed by atoms with Gasteiger partial charge in [0.25, 0.3) is 0 Å². The van der Waals surface area contributed by atoms with Crippen LogP contribution in [0.5, 0.6) is 0 Å². The molecule has 0 aliphatic carbocycles. The normalized spacial score (nSPS) is 13.3. The fourth-order valence-corrected chi connectivity index (χ4v) is 1.81. The average molecular weight is 288 g/mol. The molecule has 19 heavy (non-hydrogen) atoms. The van der Waals surface area contributed by atoms with Crippen LogP contribution in [0, 0.1) is 0 Å². The Morgan fingerprint density at radius 1 is 1.05 bits per heavy atom. The Morgan fingerprint density at radius 2 is 1.68 bits per heavy atom. The molecule has 6 heteroatoms. The van der Waals surface area contributed by atoms with Gasteiger partial charge in [-0.1, -0.05) is 23.7 Å². The number of aliphatic hydroxyl groups excluding tert-OH is 1. The van der Waals surface area contributed by atoms with E-state index in [1.807, 2.05) is 0 Å². The second-order valence-electron chi connectivity index (χ2n) is 3.96. The van der Waals surface area contributed by atoms with E-state index in [4.69, 9.17) is 11.6 Å². The number of nitrogens with zero attached hydrogens (tertiary/aromatic N) is 1. The molecule has 1 aromatic heterocycles. The number of aromatic nitrogens is 1. The molecule has 0 bridgehead atoms. The minimum absolute atomic E-state index is 0.345. The minimum atomic E-state index is -4.39. The van der Waals surface area contributed by atoms with E-state index in [1.54, 1.807) is 0 Å². The van der Waals surface area contributed by atoms with E-state index < -0.39 is 17.8 Å². The van der Waals surface area contributed by atoms with E-state index in [0.29, 0.717) is 16.1 Å². The van der Waals surface area contributed by atoms with E-state index in [9.17, 15) is 18.3 Å². The largest absolute Gasteiger partial charge is 0.416 e. The lowest BCUT2D eigenvalue weighted by molar-refractivity contribution is -0.137. The van der Waals surface area contributed by atoms with Crippen LogP contribution >= 0.6 is 11.6 Å². The van der Waals surface area contributed by atoms with Gasteiger partial charge in [0, 0.05) is 18.0 Å². The molecule has 0 saturated carbocycles. The first-order valence-corrected chi connectivity index (χ1v) is 5.71. The number of alkyl halides is 3. The highest BCUT2D eigenvalue weighted by molar-refractivity contribution is 6.30. The standard InChI is InChI=1S/C13H9ClF3NO/c14-11-5-9(6-18-7-11)12(19)8-1-3-10(4-2-8)13(15,16)17/h1-7,12,19H. The highest BCUT2D eigenvalue weighted by atomic mass is 35.5. The van der Waals surface area contributed by atoms with Crippen molar-refractivity contribution < 1.29 is 18.3 Å². The lowest BCUT2D eigenvalue weighted by atomic mass is 10.0. The zero-order valence-corrected chi connectivity index (χ0v) is 10.3. The number of aliphatic hydroxyl groups is 1. The van der Waals surface area contributed by atoms with Crippen molar-refractivity contribution in [2.75, 3.05) is 0 Å². The lowest BCUT2D eigenvalue weighted by Crippen LogP contribution is -2.06. The fraction of sp³-hybridized carbons (Fsp3) is 0.154. The van der Waals surface area contributed by atoms with Crippen molar-refractivity contribution in [3.8, 4) is 0 Å². The molecular formula is C13H9ClF3NO. The van der Waals surface area contributed by atoms with Gasteiger partial charge in [-0.05, 0) is 23.8 Å². The fourth-order valence-electron chi connectivity index (χ4n) is 1.62. The van der Waals surface area contributed by atoms with Crippen LogP contribution in [0.3, 0.4) is 0 Å². The zero-order chi connectivity index (χ0) is 14.0. The molecule has 0 radical (unpaired) electrons. The summed E-state index contributed by atoms with van der Waals surface area (Å²) in [6.45, 7) is 0. The van der Waals surface area contributed by atoms with Gasteiger partial charge >= 0.3 is 6.18 Å². The number of hydrogen-bond donors (Lipinski definition) is 1. The van der Waals surface area contributed by atoms with Gasteiger partial charge in [0.1, 0.15) is 6.10 Å². The van der Waals surface area contributed by atoms with Crippen LogP contribution in [0.25, 0.3) is 0 Å². The molecule has 0 aliphatic rings. The van der Waals surface area contributed by atoms with E-state index in [2.05, 4.69) is 4.98 Å². The monoisotopic (exact) mass is 287 g/mol. The van der Waals surface area contributed by atoms with E-state index >= 15 is 0 Å². The Morgan fingerprint density at radius 3 is 2.21 bits per heavy atom. The van der Waals surface area contributed by atoms with Crippen molar-refractivity contribution in [3.63, 3.8) is 0 Å². The molecule has 100 valence electrons. The van der Waals surface area contributed by atoms with Crippen LogP contribution in [0.1, 0.15) is 22.8 Å². The first-order valence-electron chi connectivity index (χ1n) is 5.33. The van der Waals surface area contributed by atoms with E-state index in [1.165, 1.54) is 30.6 Å². The second kappa shape index (κ2) is 5.19. The Hall–Kier alpha value is -1.59. The van der Waals surface area contributed by atoms with Crippen molar-refractivity contribution in [1.29, 1.82) is 0 Å². The van der Waals surface area contributed by atoms with Gasteiger partial charge < -0.3 is 5.11 Å². The minimum Gasteiger partial charge on any atom is -0.384 e. The second-order valence-corrected chi connectivity index (χ2v) is 4.40. The third-order valence-corrected chi connectivity index (χ3v) is 2.80. The molecule has 0 amide bonds. The van der Waals surface area contributed by atoms with E-state index in [-0.39, 0.29) is 0 Å². The first kappa shape index (κ1) is 13.8. The molecule has 1 aromatic carbocycles. The molecule has 1 N–H and O–H groups in total. The van der Waals surface area contributed by atoms with Crippen molar-refractivity contribution in [2.45, 2.75) is 12.3 Å². The van der Waals surface area contributed by atoms with E-state index in [0.717, 1.165) is 12.1 Å². The quantitative estimate of drug-likeness (QED) is 0.910. The first-order chi connectivity index (χ1) is 8.88. The Balaban J connectivity index is 2.27. The summed E-state index contributed by atoms with van der Waals surface area (Å²) in [7, 11) is 0. The number of rotatable bonds is 2. The summed E-state index contributed by atoms with van der Waals surface area (Å²) < 4.78 is 37.2. The van der Waals surface area contributed by atoms with Gasteiger partial charge in [-0.2, -0.15) is 13.2 Å². The maximum atomic E-state index is 12.4. The molecule has 1 unspecified atom stereocenters. The zero-order valence-electron chi connectivity index (χ0n) is 9.53. The molecule has 1 heterocycles. The summed E-state index contributed by atoms with van der Waals surface area (Å²) in [5, 5.41) is 10.4.